The second kappa shape index (κ2) is 10.3. The molecular weight excluding hydrogens is 311 g/mol. The highest BCUT2D eigenvalue weighted by Gasteiger charge is 2.10. The van der Waals surface area contributed by atoms with Crippen molar-refractivity contribution in [2.24, 2.45) is 0 Å². The van der Waals surface area contributed by atoms with Gasteiger partial charge in [-0.05, 0) is 30.2 Å². The van der Waals surface area contributed by atoms with Crippen LogP contribution in [0.15, 0.2) is 0 Å². The fourth-order valence-electron chi connectivity index (χ4n) is 0.934. The van der Waals surface area contributed by atoms with Crippen LogP contribution in [0, 0.1) is 0 Å². The quantitative estimate of drug-likeness (QED) is 0.213. The van der Waals surface area contributed by atoms with Gasteiger partial charge in [-0.25, -0.2) is 0 Å². The van der Waals surface area contributed by atoms with E-state index in [1.807, 2.05) is 6.92 Å². The topological polar surface area (TPSA) is 27.7 Å². The van der Waals surface area contributed by atoms with Gasteiger partial charge in [0.05, 0.1) is 0 Å². The lowest BCUT2D eigenvalue weighted by Gasteiger charge is -2.20. The van der Waals surface area contributed by atoms with Gasteiger partial charge in [0.25, 0.3) is 0 Å². The molecule has 0 aromatic heterocycles. The second-order valence-corrected chi connectivity index (χ2v) is 5.57. The molecule has 2 atom stereocenters. The zero-order chi connectivity index (χ0) is 10.8. The number of hydrogen-bond acceptors (Lipinski definition) is 3. The molecule has 0 N–H and O–H groups in total. The van der Waals surface area contributed by atoms with Crippen LogP contribution in [0.2, 0.25) is 6.04 Å². The Hall–Kier alpha value is 0.827. The first-order valence-corrected chi connectivity index (χ1v) is 8.20. The van der Waals surface area contributed by atoms with Gasteiger partial charge in [0, 0.05) is 7.11 Å². The third-order valence-corrected chi connectivity index (χ3v) is 4.00. The molecule has 0 aliphatic carbocycles. The zero-order valence-electron chi connectivity index (χ0n) is 9.29. The molecule has 0 aromatic rings. The van der Waals surface area contributed by atoms with Gasteiger partial charge in [-0.3, -0.25) is 0 Å². The lowest BCUT2D eigenvalue weighted by atomic mass is 10.5. The smallest absolute Gasteiger partial charge is 0.165 e. The Labute approximate surface area is 103 Å². The van der Waals surface area contributed by atoms with E-state index in [4.69, 9.17) is 13.9 Å². The standard InChI is InChI=1S/C9H21IO3Si/c1-4-9(12-8(2)11-3)13-14-7-5-6-10/h8-9H,4-7,14H2,1-3H3. The molecule has 0 aliphatic heterocycles. The van der Waals surface area contributed by atoms with Crippen LogP contribution in [0.1, 0.15) is 26.7 Å². The first kappa shape index (κ1) is 14.8. The van der Waals surface area contributed by atoms with Gasteiger partial charge >= 0.3 is 0 Å². The second-order valence-electron chi connectivity index (χ2n) is 3.04. The Bertz CT molecular complexity index is 127. The lowest BCUT2D eigenvalue weighted by molar-refractivity contribution is -0.201. The lowest BCUT2D eigenvalue weighted by Crippen LogP contribution is -2.24. The predicted molar refractivity (Wildman–Crippen MR) is 69.6 cm³/mol. The molecule has 0 radical (unpaired) electrons. The van der Waals surface area contributed by atoms with Crippen LogP contribution in [0.25, 0.3) is 0 Å². The fraction of sp³-hybridized carbons (Fsp3) is 1.00. The molecule has 14 heavy (non-hydrogen) atoms. The van der Waals surface area contributed by atoms with E-state index in [-0.39, 0.29) is 12.6 Å². The SMILES string of the molecule is CCC(O[SiH2]CCCI)OC(C)OC. The maximum absolute atomic E-state index is 5.70. The molecule has 0 spiro atoms. The number of halogens is 1. The number of ether oxygens (including phenoxy) is 2. The van der Waals surface area contributed by atoms with Crippen molar-refractivity contribution in [3.05, 3.63) is 0 Å². The Morgan fingerprint density at radius 3 is 2.64 bits per heavy atom. The number of hydrogen-bond donors (Lipinski definition) is 0. The Kier molecular flexibility index (Phi) is 11.0. The monoisotopic (exact) mass is 332 g/mol. The van der Waals surface area contributed by atoms with Crippen LogP contribution in [-0.2, 0) is 13.9 Å². The fourth-order valence-corrected chi connectivity index (χ4v) is 3.69. The number of rotatable bonds is 9. The minimum Gasteiger partial charge on any atom is -0.400 e. The molecule has 3 nitrogen and oxygen atoms in total. The predicted octanol–water partition coefficient (Wildman–Crippen LogP) is 2.08. The first-order chi connectivity index (χ1) is 6.74. The van der Waals surface area contributed by atoms with E-state index in [9.17, 15) is 0 Å². The molecule has 0 saturated carbocycles. The molecule has 0 aromatic carbocycles. The average Bonchev–Trinajstić information content (AvgIpc) is 2.22. The molecule has 5 heteroatoms. The minimum atomic E-state index is -0.394. The van der Waals surface area contributed by atoms with Crippen molar-refractivity contribution in [3.8, 4) is 0 Å². The molecule has 0 amide bonds. The highest BCUT2D eigenvalue weighted by atomic mass is 127. The van der Waals surface area contributed by atoms with Crippen molar-refractivity contribution in [2.75, 3.05) is 11.5 Å². The van der Waals surface area contributed by atoms with Crippen LogP contribution < -0.4 is 0 Å². The van der Waals surface area contributed by atoms with Crippen molar-refractivity contribution in [2.45, 2.75) is 45.3 Å². The summed E-state index contributed by atoms with van der Waals surface area (Å²) in [6.45, 7) is 3.96. The van der Waals surface area contributed by atoms with Gasteiger partial charge in [-0.1, -0.05) is 29.5 Å². The molecule has 0 bridgehead atoms. The highest BCUT2D eigenvalue weighted by Crippen LogP contribution is 2.06. The molecule has 0 heterocycles. The van der Waals surface area contributed by atoms with E-state index in [1.54, 1.807) is 7.11 Å². The van der Waals surface area contributed by atoms with Gasteiger partial charge in [0.1, 0.15) is 6.29 Å². The normalized spacial score (nSPS) is 16.3. The van der Waals surface area contributed by atoms with E-state index >= 15 is 0 Å². The molecular formula is C9H21IO3Si. The van der Waals surface area contributed by atoms with Gasteiger partial charge in [0.2, 0.25) is 0 Å². The molecule has 0 saturated heterocycles. The first-order valence-electron chi connectivity index (χ1n) is 5.10. The van der Waals surface area contributed by atoms with Crippen molar-refractivity contribution < 1.29 is 13.9 Å². The Morgan fingerprint density at radius 1 is 1.43 bits per heavy atom. The van der Waals surface area contributed by atoms with Crippen molar-refractivity contribution >= 4 is 32.4 Å². The van der Waals surface area contributed by atoms with Gasteiger partial charge < -0.3 is 13.9 Å². The van der Waals surface area contributed by atoms with Crippen molar-refractivity contribution in [3.63, 3.8) is 0 Å². The summed E-state index contributed by atoms with van der Waals surface area (Å²) in [5.74, 6) is 0. The van der Waals surface area contributed by atoms with Crippen LogP contribution in [0.3, 0.4) is 0 Å². The van der Waals surface area contributed by atoms with E-state index in [2.05, 4.69) is 29.5 Å². The molecule has 86 valence electrons. The van der Waals surface area contributed by atoms with Crippen LogP contribution in [0.4, 0.5) is 0 Å². The average molecular weight is 332 g/mol. The van der Waals surface area contributed by atoms with Crippen molar-refractivity contribution in [1.82, 2.24) is 0 Å². The van der Waals surface area contributed by atoms with E-state index < -0.39 is 9.76 Å². The maximum atomic E-state index is 5.70. The van der Waals surface area contributed by atoms with Gasteiger partial charge in [0.15, 0.2) is 16.1 Å². The summed E-state index contributed by atoms with van der Waals surface area (Å²) < 4.78 is 17.5. The maximum Gasteiger partial charge on any atom is 0.165 e. The third-order valence-electron chi connectivity index (χ3n) is 1.84. The molecule has 2 unspecified atom stereocenters. The summed E-state index contributed by atoms with van der Waals surface area (Å²) in [5.41, 5.74) is 0. The summed E-state index contributed by atoms with van der Waals surface area (Å²) in [6, 6.07) is 1.24. The molecule has 0 aliphatic rings. The summed E-state index contributed by atoms with van der Waals surface area (Å²) in [6.07, 6.45) is 1.93. The molecule has 0 fully saturated rings. The Balaban J connectivity index is 3.47. The summed E-state index contributed by atoms with van der Waals surface area (Å²) in [4.78, 5) is 0. The highest BCUT2D eigenvalue weighted by molar-refractivity contribution is 14.1. The minimum absolute atomic E-state index is 0.0640. The van der Waals surface area contributed by atoms with Gasteiger partial charge in [-0.2, -0.15) is 0 Å². The Morgan fingerprint density at radius 2 is 2.14 bits per heavy atom. The van der Waals surface area contributed by atoms with Crippen LogP contribution >= 0.6 is 22.6 Å². The molecule has 0 rings (SSSR count). The number of methoxy groups -OCH3 is 1. The van der Waals surface area contributed by atoms with E-state index in [0.29, 0.717) is 0 Å². The van der Waals surface area contributed by atoms with Crippen molar-refractivity contribution in [1.29, 1.82) is 0 Å². The third kappa shape index (κ3) is 8.16. The summed E-state index contributed by atoms with van der Waals surface area (Å²) in [7, 11) is 1.25. The summed E-state index contributed by atoms with van der Waals surface area (Å²) >= 11 is 2.40. The van der Waals surface area contributed by atoms with E-state index in [0.717, 1.165) is 6.42 Å². The van der Waals surface area contributed by atoms with Crippen LogP contribution in [0.5, 0.6) is 0 Å². The number of alkyl halides is 1. The van der Waals surface area contributed by atoms with Crippen LogP contribution in [-0.4, -0.2) is 33.9 Å². The largest absolute Gasteiger partial charge is 0.400 e. The van der Waals surface area contributed by atoms with Gasteiger partial charge in [-0.15, -0.1) is 0 Å². The zero-order valence-corrected chi connectivity index (χ0v) is 12.9. The van der Waals surface area contributed by atoms with E-state index in [1.165, 1.54) is 16.9 Å². The summed E-state index contributed by atoms with van der Waals surface area (Å²) in [5, 5.41) is 0.